The second-order valence-corrected chi connectivity index (χ2v) is 6.49. The molecule has 0 saturated carbocycles. The molecule has 1 aromatic carbocycles. The summed E-state index contributed by atoms with van der Waals surface area (Å²) in [6.45, 7) is 2.58. The lowest BCUT2D eigenvalue weighted by Gasteiger charge is -2.27. The highest BCUT2D eigenvalue weighted by molar-refractivity contribution is 6.01. The molecule has 26 heavy (non-hydrogen) atoms. The first kappa shape index (κ1) is 16.5. The minimum absolute atomic E-state index is 0.159. The van der Waals surface area contributed by atoms with Gasteiger partial charge in [0.2, 0.25) is 0 Å². The number of ether oxygens (including phenoxy) is 2. The Bertz CT molecular complexity index is 996. The number of methoxy groups -OCH3 is 1. The second-order valence-electron chi connectivity index (χ2n) is 6.49. The predicted octanol–water partition coefficient (Wildman–Crippen LogP) is 2.40. The third kappa shape index (κ3) is 2.50. The summed E-state index contributed by atoms with van der Waals surface area (Å²) >= 11 is 0. The van der Waals surface area contributed by atoms with E-state index in [0.29, 0.717) is 24.3 Å². The lowest BCUT2D eigenvalue weighted by atomic mass is 9.75. The first-order valence-corrected chi connectivity index (χ1v) is 8.45. The van der Waals surface area contributed by atoms with Gasteiger partial charge in [-0.3, -0.25) is 10.1 Å². The molecule has 2 aliphatic rings. The smallest absolute Gasteiger partial charge is 0.337 e. The monoisotopic (exact) mass is 350 g/mol. The number of nitrogens with zero attached hydrogens (tertiary/aromatic N) is 3. The molecule has 132 valence electrons. The molecular weight excluding hydrogens is 332 g/mol. The highest BCUT2D eigenvalue weighted by atomic mass is 16.5. The number of H-pyrrole nitrogens is 1. The summed E-state index contributed by atoms with van der Waals surface area (Å²) in [6, 6.07) is 8.18. The van der Waals surface area contributed by atoms with E-state index in [1.54, 1.807) is 7.11 Å². The Morgan fingerprint density at radius 3 is 3.08 bits per heavy atom. The molecule has 2 unspecified atom stereocenters. The lowest BCUT2D eigenvalue weighted by Crippen LogP contribution is -2.29. The first-order chi connectivity index (χ1) is 12.6. The Hall–Kier alpha value is -2.98. The van der Waals surface area contributed by atoms with E-state index in [0.717, 1.165) is 27.9 Å². The van der Waals surface area contributed by atoms with Crippen molar-refractivity contribution in [1.82, 2.24) is 10.2 Å². The molecule has 0 bridgehead atoms. The van der Waals surface area contributed by atoms with Gasteiger partial charge in [-0.25, -0.2) is 4.79 Å². The highest BCUT2D eigenvalue weighted by Crippen LogP contribution is 2.42. The summed E-state index contributed by atoms with van der Waals surface area (Å²) in [5.41, 5.74) is 4.56. The van der Waals surface area contributed by atoms with E-state index in [1.807, 2.05) is 25.1 Å². The summed E-state index contributed by atoms with van der Waals surface area (Å²) in [5.74, 6) is -1.31. The van der Waals surface area contributed by atoms with Crippen molar-refractivity contribution in [3.63, 3.8) is 0 Å². The van der Waals surface area contributed by atoms with Crippen LogP contribution in [0.4, 0.5) is 0 Å². The molecule has 0 aliphatic carbocycles. The number of aryl methyl sites for hydroxylation is 1. The summed E-state index contributed by atoms with van der Waals surface area (Å²) < 4.78 is 10.4. The van der Waals surface area contributed by atoms with Gasteiger partial charge in [0.1, 0.15) is 6.61 Å². The van der Waals surface area contributed by atoms with Gasteiger partial charge in [-0.05, 0) is 24.6 Å². The van der Waals surface area contributed by atoms with Gasteiger partial charge in [0.05, 0.1) is 35.4 Å². The molecule has 2 atom stereocenters. The molecule has 0 amide bonds. The zero-order chi connectivity index (χ0) is 18.3. The first-order valence-electron chi connectivity index (χ1n) is 8.45. The predicted molar refractivity (Wildman–Crippen MR) is 94.6 cm³/mol. The number of nitrogens with one attached hydrogen (secondary N) is 1. The van der Waals surface area contributed by atoms with Crippen molar-refractivity contribution in [2.75, 3.05) is 20.3 Å². The largest absolute Gasteiger partial charge is 0.456 e. The summed E-state index contributed by atoms with van der Waals surface area (Å²) in [4.78, 5) is 16.9. The van der Waals surface area contributed by atoms with Gasteiger partial charge >= 0.3 is 5.97 Å². The Morgan fingerprint density at radius 2 is 2.31 bits per heavy atom. The van der Waals surface area contributed by atoms with Crippen LogP contribution in [0.3, 0.4) is 0 Å². The number of hydrogen-bond acceptors (Lipinski definition) is 6. The number of hydrogen-bond donors (Lipinski definition) is 1. The van der Waals surface area contributed by atoms with Crippen molar-refractivity contribution in [1.29, 1.82) is 5.26 Å². The van der Waals surface area contributed by atoms with E-state index in [2.05, 4.69) is 21.3 Å². The van der Waals surface area contributed by atoms with Crippen molar-refractivity contribution >= 4 is 22.6 Å². The molecule has 2 aromatic rings. The van der Waals surface area contributed by atoms with Crippen LogP contribution < -0.4 is 0 Å². The normalized spacial score (nSPS) is 22.2. The number of nitriles is 1. The van der Waals surface area contributed by atoms with Crippen molar-refractivity contribution in [3.05, 3.63) is 40.7 Å². The molecule has 3 heterocycles. The van der Waals surface area contributed by atoms with E-state index < -0.39 is 11.8 Å². The van der Waals surface area contributed by atoms with Crippen molar-refractivity contribution in [2.45, 2.75) is 19.3 Å². The maximum absolute atomic E-state index is 12.4. The van der Waals surface area contributed by atoms with Crippen LogP contribution in [0.5, 0.6) is 0 Å². The fourth-order valence-electron chi connectivity index (χ4n) is 3.68. The van der Waals surface area contributed by atoms with Gasteiger partial charge < -0.3 is 9.47 Å². The topological polar surface area (TPSA) is 100 Å². The Labute approximate surface area is 150 Å². The number of aromatic nitrogens is 2. The average Bonchev–Trinajstić information content (AvgIpc) is 3.21. The van der Waals surface area contributed by atoms with Crippen LogP contribution >= 0.6 is 0 Å². The number of aliphatic imine (C=N–C) groups is 1. The molecule has 0 radical (unpaired) electrons. The molecular formula is C19H18N4O3. The van der Waals surface area contributed by atoms with Crippen molar-refractivity contribution in [3.8, 4) is 6.07 Å². The Morgan fingerprint density at radius 1 is 1.46 bits per heavy atom. The Balaban J connectivity index is 1.85. The SMILES string of the molecule is COCCC1=NC2=C(C(=O)OC2)C(c2ccc3n[nH]c(C)c3c2)C1C#N. The van der Waals surface area contributed by atoms with Crippen molar-refractivity contribution in [2.24, 2.45) is 10.9 Å². The van der Waals surface area contributed by atoms with Crippen LogP contribution in [0.25, 0.3) is 10.9 Å². The number of rotatable bonds is 4. The molecule has 2 aliphatic heterocycles. The number of fused-ring (bicyclic) bond motifs is 1. The van der Waals surface area contributed by atoms with E-state index in [4.69, 9.17) is 9.47 Å². The zero-order valence-corrected chi connectivity index (χ0v) is 14.6. The number of benzene rings is 1. The van der Waals surface area contributed by atoms with Gasteiger partial charge in [-0.15, -0.1) is 0 Å². The molecule has 1 aromatic heterocycles. The van der Waals surface area contributed by atoms with Crippen LogP contribution in [0.1, 0.15) is 23.6 Å². The summed E-state index contributed by atoms with van der Waals surface area (Å²) in [7, 11) is 1.62. The van der Waals surface area contributed by atoms with Gasteiger partial charge in [0, 0.05) is 36.2 Å². The fraction of sp³-hybridized carbons (Fsp3) is 0.368. The fourth-order valence-corrected chi connectivity index (χ4v) is 3.68. The molecule has 0 spiro atoms. The van der Waals surface area contributed by atoms with E-state index in [-0.39, 0.29) is 12.6 Å². The Kier molecular flexibility index (Phi) is 4.05. The number of aromatic amines is 1. The number of carbonyl (C=O) groups is 1. The number of carbonyl (C=O) groups excluding carboxylic acids is 1. The van der Waals surface area contributed by atoms with E-state index in [9.17, 15) is 10.1 Å². The molecule has 7 nitrogen and oxygen atoms in total. The average molecular weight is 350 g/mol. The van der Waals surface area contributed by atoms with E-state index in [1.165, 1.54) is 0 Å². The molecule has 4 rings (SSSR count). The summed E-state index contributed by atoms with van der Waals surface area (Å²) in [5, 5.41) is 18.1. The minimum atomic E-state index is -0.529. The number of esters is 1. The standard InChI is InChI=1S/C19H18N4O3/c1-10-12-7-11(3-4-15(12)23-22-10)17-13(8-20)14(5-6-25-2)21-16-9-26-19(24)18(16)17/h3-4,7,13,17H,5-6,9H2,1-2H3,(H,22,23). The van der Waals surface area contributed by atoms with E-state index >= 15 is 0 Å². The molecule has 0 fully saturated rings. The van der Waals surface area contributed by atoms with Crippen LogP contribution in [-0.4, -0.2) is 42.2 Å². The minimum Gasteiger partial charge on any atom is -0.456 e. The summed E-state index contributed by atoms with van der Waals surface area (Å²) in [6.07, 6.45) is 0.545. The van der Waals surface area contributed by atoms with Crippen LogP contribution in [0, 0.1) is 24.2 Å². The molecule has 7 heteroatoms. The third-order valence-electron chi connectivity index (χ3n) is 4.98. The van der Waals surface area contributed by atoms with Crippen molar-refractivity contribution < 1.29 is 14.3 Å². The molecule has 1 N–H and O–H groups in total. The third-order valence-corrected chi connectivity index (χ3v) is 4.98. The second kappa shape index (κ2) is 6.39. The quantitative estimate of drug-likeness (QED) is 0.853. The zero-order valence-electron chi connectivity index (χ0n) is 14.6. The highest BCUT2D eigenvalue weighted by Gasteiger charge is 2.42. The van der Waals surface area contributed by atoms with Gasteiger partial charge in [-0.1, -0.05) is 6.07 Å². The van der Waals surface area contributed by atoms with Crippen LogP contribution in [0.15, 0.2) is 34.5 Å². The van der Waals surface area contributed by atoms with Gasteiger partial charge in [0.25, 0.3) is 0 Å². The van der Waals surface area contributed by atoms with Crippen LogP contribution in [0.2, 0.25) is 0 Å². The van der Waals surface area contributed by atoms with Gasteiger partial charge in [-0.2, -0.15) is 10.4 Å². The lowest BCUT2D eigenvalue weighted by molar-refractivity contribution is -0.136. The maximum atomic E-state index is 12.4. The maximum Gasteiger partial charge on any atom is 0.337 e. The number of cyclic esters (lactones) is 1. The molecule has 0 saturated heterocycles. The van der Waals surface area contributed by atoms with Gasteiger partial charge in [0.15, 0.2) is 0 Å². The van der Waals surface area contributed by atoms with Crippen LogP contribution in [-0.2, 0) is 14.3 Å².